The second kappa shape index (κ2) is 3.57. The lowest BCUT2D eigenvalue weighted by Gasteiger charge is -2.34. The van der Waals surface area contributed by atoms with Crippen molar-refractivity contribution in [2.24, 2.45) is 0 Å². The van der Waals surface area contributed by atoms with Gasteiger partial charge in [-0.1, -0.05) is 0 Å². The fourth-order valence-corrected chi connectivity index (χ4v) is 2.43. The second-order valence-electron chi connectivity index (χ2n) is 5.01. The Balaban J connectivity index is 1.80. The number of aromatic nitrogens is 1. The lowest BCUT2D eigenvalue weighted by Crippen LogP contribution is -2.52. The van der Waals surface area contributed by atoms with Gasteiger partial charge in [0.05, 0.1) is 5.69 Å². The van der Waals surface area contributed by atoms with Crippen LogP contribution in [0.1, 0.15) is 36.6 Å². The summed E-state index contributed by atoms with van der Waals surface area (Å²) >= 11 is 0. The first kappa shape index (κ1) is 11.3. The molecule has 0 radical (unpaired) electrons. The van der Waals surface area contributed by atoms with E-state index in [-0.39, 0.29) is 18.5 Å². The number of nitrogens with zero attached hydrogens (tertiary/aromatic N) is 2. The minimum atomic E-state index is -0.631. The summed E-state index contributed by atoms with van der Waals surface area (Å²) in [6.07, 6.45) is 2.45. The van der Waals surface area contributed by atoms with Gasteiger partial charge in [-0.15, -0.1) is 0 Å². The number of carbonyl (C=O) groups excluding carboxylic acids is 2. The van der Waals surface area contributed by atoms with E-state index in [1.807, 2.05) is 13.8 Å². The molecule has 1 saturated carbocycles. The zero-order valence-corrected chi connectivity index (χ0v) is 10.4. The molecule has 3 amide bonds. The van der Waals surface area contributed by atoms with Gasteiger partial charge in [0.25, 0.3) is 5.91 Å². The summed E-state index contributed by atoms with van der Waals surface area (Å²) in [5, 5.41) is 2.78. The Kier molecular flexibility index (Phi) is 2.23. The van der Waals surface area contributed by atoms with Gasteiger partial charge in [0.1, 0.15) is 17.8 Å². The van der Waals surface area contributed by atoms with E-state index < -0.39 is 5.54 Å². The van der Waals surface area contributed by atoms with E-state index >= 15 is 0 Å². The van der Waals surface area contributed by atoms with Crippen LogP contribution in [0.25, 0.3) is 0 Å². The molecule has 0 aromatic carbocycles. The van der Waals surface area contributed by atoms with Crippen molar-refractivity contribution in [2.75, 3.05) is 0 Å². The van der Waals surface area contributed by atoms with Crippen LogP contribution in [0.5, 0.6) is 0 Å². The number of urea groups is 1. The van der Waals surface area contributed by atoms with E-state index in [1.54, 1.807) is 0 Å². The number of hydrogen-bond donors (Lipinski definition) is 1. The molecule has 1 aromatic heterocycles. The Bertz CT molecular complexity index is 511. The standard InChI is InChI=1S/C12H15N3O3/c1-7-8(2)18-9(13-7)6-15-10(16)12(4-3-5-12)14-11(15)17/h3-6H2,1-2H3,(H,14,17). The predicted octanol–water partition coefficient (Wildman–Crippen LogP) is 1.27. The number of aryl methyl sites for hydroxylation is 2. The van der Waals surface area contributed by atoms with Crippen molar-refractivity contribution in [1.82, 2.24) is 15.2 Å². The first-order chi connectivity index (χ1) is 8.52. The number of imide groups is 1. The zero-order chi connectivity index (χ0) is 12.9. The summed E-state index contributed by atoms with van der Waals surface area (Å²) in [5.74, 6) is 0.979. The van der Waals surface area contributed by atoms with Crippen molar-refractivity contribution in [3.63, 3.8) is 0 Å². The number of hydrogen-bond acceptors (Lipinski definition) is 4. The lowest BCUT2D eigenvalue weighted by molar-refractivity contribution is -0.134. The molecule has 2 fully saturated rings. The summed E-state index contributed by atoms with van der Waals surface area (Å²) in [4.78, 5) is 29.4. The largest absolute Gasteiger partial charge is 0.444 e. The molecule has 96 valence electrons. The molecule has 3 rings (SSSR count). The van der Waals surface area contributed by atoms with Crippen LogP contribution in [0.3, 0.4) is 0 Å². The van der Waals surface area contributed by atoms with E-state index in [1.165, 1.54) is 4.90 Å². The van der Waals surface area contributed by atoms with Crippen LogP contribution in [0.15, 0.2) is 4.42 Å². The predicted molar refractivity (Wildman–Crippen MR) is 61.6 cm³/mol. The quantitative estimate of drug-likeness (QED) is 0.801. The van der Waals surface area contributed by atoms with Crippen LogP contribution in [0.4, 0.5) is 4.79 Å². The normalized spacial score (nSPS) is 21.3. The molecule has 1 N–H and O–H groups in total. The van der Waals surface area contributed by atoms with Crippen molar-refractivity contribution in [3.8, 4) is 0 Å². The summed E-state index contributed by atoms with van der Waals surface area (Å²) in [5.41, 5.74) is 0.156. The molecule has 1 saturated heterocycles. The third kappa shape index (κ3) is 1.45. The highest BCUT2D eigenvalue weighted by atomic mass is 16.4. The van der Waals surface area contributed by atoms with Gasteiger partial charge >= 0.3 is 6.03 Å². The molecule has 1 aliphatic carbocycles. The highest BCUT2D eigenvalue weighted by Gasteiger charge is 2.54. The van der Waals surface area contributed by atoms with Crippen LogP contribution in [-0.2, 0) is 11.3 Å². The second-order valence-corrected chi connectivity index (χ2v) is 5.01. The van der Waals surface area contributed by atoms with Crippen LogP contribution < -0.4 is 5.32 Å². The van der Waals surface area contributed by atoms with Crippen molar-refractivity contribution >= 4 is 11.9 Å². The van der Waals surface area contributed by atoms with E-state index in [9.17, 15) is 9.59 Å². The van der Waals surface area contributed by atoms with E-state index in [2.05, 4.69) is 10.3 Å². The van der Waals surface area contributed by atoms with Crippen molar-refractivity contribution < 1.29 is 14.0 Å². The molecule has 2 heterocycles. The van der Waals surface area contributed by atoms with Gasteiger partial charge in [-0.3, -0.25) is 9.69 Å². The minimum Gasteiger partial charge on any atom is -0.444 e. The van der Waals surface area contributed by atoms with Gasteiger partial charge in [0, 0.05) is 0 Å². The van der Waals surface area contributed by atoms with Crippen LogP contribution in [0, 0.1) is 13.8 Å². The maximum atomic E-state index is 12.2. The molecule has 0 bridgehead atoms. The topological polar surface area (TPSA) is 75.4 Å². The number of rotatable bonds is 2. The molecule has 6 nitrogen and oxygen atoms in total. The van der Waals surface area contributed by atoms with Gasteiger partial charge < -0.3 is 9.73 Å². The molecule has 6 heteroatoms. The molecule has 18 heavy (non-hydrogen) atoms. The first-order valence-electron chi connectivity index (χ1n) is 6.09. The molecule has 1 aliphatic heterocycles. The number of oxazole rings is 1. The third-order valence-electron chi connectivity index (χ3n) is 3.82. The summed E-state index contributed by atoms with van der Waals surface area (Å²) in [6, 6.07) is -0.340. The molecule has 1 spiro atoms. The Morgan fingerprint density at radius 2 is 2.11 bits per heavy atom. The molecular formula is C12H15N3O3. The fourth-order valence-electron chi connectivity index (χ4n) is 2.43. The lowest BCUT2D eigenvalue weighted by atomic mass is 9.77. The SMILES string of the molecule is Cc1nc(CN2C(=O)NC3(CCC3)C2=O)oc1C. The first-order valence-corrected chi connectivity index (χ1v) is 6.09. The average Bonchev–Trinajstić information content (AvgIpc) is 2.70. The molecular weight excluding hydrogens is 234 g/mol. The van der Waals surface area contributed by atoms with Gasteiger partial charge in [-0.25, -0.2) is 9.78 Å². The van der Waals surface area contributed by atoms with E-state index in [0.29, 0.717) is 5.89 Å². The van der Waals surface area contributed by atoms with Crippen LogP contribution >= 0.6 is 0 Å². The van der Waals surface area contributed by atoms with E-state index in [4.69, 9.17) is 4.42 Å². The molecule has 0 unspecified atom stereocenters. The summed E-state index contributed by atoms with van der Waals surface area (Å²) in [6.45, 7) is 3.76. The zero-order valence-electron chi connectivity index (χ0n) is 10.4. The molecule has 0 atom stereocenters. The van der Waals surface area contributed by atoms with Crippen LogP contribution in [0.2, 0.25) is 0 Å². The van der Waals surface area contributed by atoms with Crippen molar-refractivity contribution in [2.45, 2.75) is 45.2 Å². The van der Waals surface area contributed by atoms with Crippen molar-refractivity contribution in [1.29, 1.82) is 0 Å². The summed E-state index contributed by atoms with van der Waals surface area (Å²) < 4.78 is 5.41. The third-order valence-corrected chi connectivity index (χ3v) is 3.82. The minimum absolute atomic E-state index is 0.112. The Labute approximate surface area is 104 Å². The summed E-state index contributed by atoms with van der Waals surface area (Å²) in [7, 11) is 0. The van der Waals surface area contributed by atoms with Gasteiger partial charge in [0.2, 0.25) is 5.89 Å². The van der Waals surface area contributed by atoms with E-state index in [0.717, 1.165) is 30.7 Å². The van der Waals surface area contributed by atoms with Gasteiger partial charge in [-0.2, -0.15) is 0 Å². The molecule has 2 aliphatic rings. The Morgan fingerprint density at radius 1 is 1.39 bits per heavy atom. The van der Waals surface area contributed by atoms with Crippen molar-refractivity contribution in [3.05, 3.63) is 17.3 Å². The highest BCUT2D eigenvalue weighted by Crippen LogP contribution is 2.37. The molecule has 1 aromatic rings. The van der Waals surface area contributed by atoms with Gasteiger partial charge in [-0.05, 0) is 33.1 Å². The number of carbonyl (C=O) groups is 2. The maximum absolute atomic E-state index is 12.2. The van der Waals surface area contributed by atoms with Gasteiger partial charge in [0.15, 0.2) is 0 Å². The average molecular weight is 249 g/mol. The fraction of sp³-hybridized carbons (Fsp3) is 0.583. The number of amides is 3. The smallest absolute Gasteiger partial charge is 0.325 e. The maximum Gasteiger partial charge on any atom is 0.325 e. The monoisotopic (exact) mass is 249 g/mol. The Morgan fingerprint density at radius 3 is 2.56 bits per heavy atom. The highest BCUT2D eigenvalue weighted by molar-refractivity contribution is 6.07. The number of nitrogens with one attached hydrogen (secondary N) is 1. The Hall–Kier alpha value is -1.85. The van der Waals surface area contributed by atoms with Crippen LogP contribution in [-0.4, -0.2) is 27.4 Å².